The summed E-state index contributed by atoms with van der Waals surface area (Å²) in [5.74, 6) is -1.59. The molecule has 0 saturated carbocycles. The molecule has 18 heteroatoms. The molecule has 4 N–H and O–H groups in total. The predicted molar refractivity (Wildman–Crippen MR) is 528 cm³/mol. The third kappa shape index (κ3) is 98.8. The molecule has 0 heterocycles. The summed E-state index contributed by atoms with van der Waals surface area (Å²) >= 11 is 0. The van der Waals surface area contributed by atoms with Gasteiger partial charge in [-0.25, -0.2) is 9.13 Å². The maximum absolute atomic E-state index is 13.1. The van der Waals surface area contributed by atoms with E-state index in [0.29, 0.717) is 19.3 Å². The highest BCUT2D eigenvalue weighted by Crippen LogP contribution is 2.45. The third-order valence-electron chi connectivity index (χ3n) is 20.8. The highest BCUT2D eigenvalue weighted by molar-refractivity contribution is 7.47. The van der Waals surface area contributed by atoms with Gasteiger partial charge in [0.25, 0.3) is 0 Å². The van der Waals surface area contributed by atoms with Crippen molar-refractivity contribution < 1.29 is 75.8 Å². The standard InChI is InChI=1S/C107H180O16P2/c1-4-7-10-13-16-19-22-25-28-31-34-37-39-41-43-45-47-49-50-52-54-55-57-59-61-64-66-69-72-75-78-81-84-87-90-93-105(110)117-96-102(108)97-119-124(113,114)120-98-103(109)99-121-125(115,116)122-101-104(123-107(112)95-92-89-86-83-80-77-74-71-68-63-36-33-30-27-24-21-18-15-12-9-6-3)100-118-106(111)94-91-88-85-82-79-76-73-70-67-65-62-60-58-56-53-51-48-46-44-42-40-38-35-32-29-26-23-20-17-14-11-8-5-2/h7-12,16-21,25-30,34-38,41-44,48,51,63,71,74,102-104,108-109H,4-6,13-15,22-24,31-33,39-40,45-47,49-50,52-62,64-70,72-73,75-101H2,1-3H3,(H,113,114)(H,115,116)/b10-7-,11-8-,12-9-,19-16-,20-17-,21-18-,28-25-,29-26-,30-27-,37-34-,38-35-,43-41-,44-42-,51-48-,63-36-,74-71-. The lowest BCUT2D eigenvalue weighted by atomic mass is 10.0. The van der Waals surface area contributed by atoms with Crippen molar-refractivity contribution in [3.05, 3.63) is 194 Å². The molecule has 0 aliphatic heterocycles. The van der Waals surface area contributed by atoms with E-state index >= 15 is 0 Å². The van der Waals surface area contributed by atoms with Crippen LogP contribution in [0.1, 0.15) is 406 Å². The number of allylic oxidation sites excluding steroid dienone is 32. The second-order valence-electron chi connectivity index (χ2n) is 32.8. The maximum Gasteiger partial charge on any atom is 0.472 e. The molecule has 0 amide bonds. The van der Waals surface area contributed by atoms with Crippen molar-refractivity contribution in [2.75, 3.05) is 39.6 Å². The van der Waals surface area contributed by atoms with Gasteiger partial charge in [0.15, 0.2) is 6.10 Å². The molecule has 0 spiro atoms. The van der Waals surface area contributed by atoms with Crippen LogP contribution in [0, 0.1) is 0 Å². The second-order valence-corrected chi connectivity index (χ2v) is 35.7. The Morgan fingerprint density at radius 2 is 0.400 bits per heavy atom. The van der Waals surface area contributed by atoms with Crippen molar-refractivity contribution in [2.45, 2.75) is 424 Å². The van der Waals surface area contributed by atoms with E-state index in [1.807, 2.05) is 0 Å². The molecule has 5 atom stereocenters. The number of hydrogen-bond donors (Lipinski definition) is 4. The maximum atomic E-state index is 13.1. The number of carbonyl (C=O) groups is 3. The summed E-state index contributed by atoms with van der Waals surface area (Å²) in [7, 11) is -9.83. The average Bonchev–Trinajstić information content (AvgIpc) is 0.994. The number of carbonyl (C=O) groups excluding carboxylic acids is 3. The van der Waals surface area contributed by atoms with Crippen LogP contribution in [0.2, 0.25) is 0 Å². The molecule has 0 aromatic heterocycles. The fraction of sp³-hybridized carbons (Fsp3) is 0.673. The molecule has 125 heavy (non-hydrogen) atoms. The minimum Gasteiger partial charge on any atom is -0.463 e. The molecule has 0 fully saturated rings. The number of rotatable bonds is 93. The van der Waals surface area contributed by atoms with E-state index in [2.05, 4.69) is 215 Å². The molecular formula is C107H180O16P2. The van der Waals surface area contributed by atoms with Crippen LogP contribution in [-0.4, -0.2) is 95.9 Å². The molecule has 0 aromatic carbocycles. The summed E-state index contributed by atoms with van der Waals surface area (Å²) in [6.07, 6.45) is 131. The molecule has 16 nitrogen and oxygen atoms in total. The van der Waals surface area contributed by atoms with E-state index in [1.54, 1.807) is 0 Å². The van der Waals surface area contributed by atoms with Gasteiger partial charge < -0.3 is 34.2 Å². The Morgan fingerprint density at radius 1 is 0.224 bits per heavy atom. The van der Waals surface area contributed by atoms with E-state index in [0.717, 1.165) is 186 Å². The SMILES string of the molecule is CC/C=C\C/C=C\C/C=C\C/C=C\C/C=C\C/C=C\CCCCCCCCCCCCCCCCC(=O)OCC(COP(=O)(O)OCC(O)COP(=O)(O)OCC(O)COC(=O)CCCCCCCCCCCCCCCCCCCCC/C=C\C/C=C\C/C=C\C/C=C\C/C=C\CC)OC(=O)CCCCCCC/C=C\C/C=C\C/C=C\C/C=C\C/C=C\CC. The number of aliphatic hydroxyl groups is 2. The lowest BCUT2D eigenvalue weighted by molar-refractivity contribution is -0.161. The number of ether oxygens (including phenoxy) is 3. The predicted octanol–water partition coefficient (Wildman–Crippen LogP) is 31.3. The van der Waals surface area contributed by atoms with Crippen molar-refractivity contribution in [1.29, 1.82) is 0 Å². The molecule has 0 aliphatic rings. The van der Waals surface area contributed by atoms with Crippen molar-refractivity contribution in [3.8, 4) is 0 Å². The molecule has 0 aromatic rings. The van der Waals surface area contributed by atoms with E-state index in [-0.39, 0.29) is 19.3 Å². The molecule has 0 bridgehead atoms. The van der Waals surface area contributed by atoms with E-state index in [1.165, 1.54) is 161 Å². The highest BCUT2D eigenvalue weighted by atomic mass is 31.2. The minimum absolute atomic E-state index is 0.0778. The zero-order valence-corrected chi connectivity index (χ0v) is 80.7. The molecule has 0 saturated heterocycles. The zero-order valence-electron chi connectivity index (χ0n) is 79.0. The van der Waals surface area contributed by atoms with Crippen molar-refractivity contribution in [1.82, 2.24) is 0 Å². The van der Waals surface area contributed by atoms with Crippen LogP contribution in [0.3, 0.4) is 0 Å². The highest BCUT2D eigenvalue weighted by Gasteiger charge is 2.30. The summed E-state index contributed by atoms with van der Waals surface area (Å²) in [5, 5.41) is 20.8. The van der Waals surface area contributed by atoms with Gasteiger partial charge in [-0.3, -0.25) is 32.5 Å². The fourth-order valence-electron chi connectivity index (χ4n) is 13.4. The number of aliphatic hydroxyl groups excluding tert-OH is 2. The average molecular weight is 1780 g/mol. The van der Waals surface area contributed by atoms with Gasteiger partial charge in [0.2, 0.25) is 0 Å². The van der Waals surface area contributed by atoms with E-state index in [9.17, 15) is 43.5 Å². The Balaban J connectivity index is 4.54. The minimum atomic E-state index is -4.95. The smallest absolute Gasteiger partial charge is 0.463 e. The third-order valence-corrected chi connectivity index (χ3v) is 22.7. The molecule has 714 valence electrons. The van der Waals surface area contributed by atoms with Crippen LogP contribution in [0.4, 0.5) is 0 Å². The van der Waals surface area contributed by atoms with Gasteiger partial charge in [0.1, 0.15) is 25.4 Å². The number of phosphoric ester groups is 2. The van der Waals surface area contributed by atoms with Crippen molar-refractivity contribution >= 4 is 33.6 Å². The number of hydrogen-bond acceptors (Lipinski definition) is 14. The Kier molecular flexibility index (Phi) is 93.1. The first-order valence-corrected chi connectivity index (χ1v) is 52.7. The monoisotopic (exact) mass is 1780 g/mol. The number of unbranched alkanes of at least 4 members (excludes halogenated alkanes) is 38. The Labute approximate surface area is 763 Å². The first kappa shape index (κ1) is 119. The van der Waals surface area contributed by atoms with Crippen LogP contribution < -0.4 is 0 Å². The summed E-state index contributed by atoms with van der Waals surface area (Å²) in [6.45, 7) is 2.37. The van der Waals surface area contributed by atoms with Gasteiger partial charge in [-0.15, -0.1) is 0 Å². The van der Waals surface area contributed by atoms with E-state index in [4.69, 9.17) is 32.3 Å². The number of esters is 3. The molecule has 0 rings (SSSR count). The summed E-state index contributed by atoms with van der Waals surface area (Å²) in [4.78, 5) is 59.1. The topological polar surface area (TPSA) is 231 Å². The van der Waals surface area contributed by atoms with Crippen molar-refractivity contribution in [3.63, 3.8) is 0 Å². The van der Waals surface area contributed by atoms with Gasteiger partial charge in [0, 0.05) is 19.3 Å². The first-order valence-electron chi connectivity index (χ1n) is 49.7. The molecule has 0 aliphatic carbocycles. The lowest BCUT2D eigenvalue weighted by Crippen LogP contribution is -2.30. The lowest BCUT2D eigenvalue weighted by Gasteiger charge is -2.21. The van der Waals surface area contributed by atoms with Gasteiger partial charge in [-0.2, -0.15) is 0 Å². The summed E-state index contributed by atoms with van der Waals surface area (Å²) < 4.78 is 61.6. The molecular weight excluding hydrogens is 1600 g/mol. The van der Waals surface area contributed by atoms with Crippen LogP contribution >= 0.6 is 15.6 Å². The van der Waals surface area contributed by atoms with Crippen LogP contribution in [-0.2, 0) is 55.8 Å². The zero-order chi connectivity index (χ0) is 90.7. The van der Waals surface area contributed by atoms with Crippen LogP contribution in [0.25, 0.3) is 0 Å². The van der Waals surface area contributed by atoms with Gasteiger partial charge in [-0.05, 0) is 161 Å². The second kappa shape index (κ2) is 97.4. The van der Waals surface area contributed by atoms with Crippen molar-refractivity contribution in [2.24, 2.45) is 0 Å². The largest absolute Gasteiger partial charge is 0.472 e. The van der Waals surface area contributed by atoms with Crippen LogP contribution in [0.15, 0.2) is 194 Å². The Hall–Kier alpha value is -5.61. The summed E-state index contributed by atoms with van der Waals surface area (Å²) in [5.41, 5.74) is 0. The molecule has 0 radical (unpaired) electrons. The summed E-state index contributed by atoms with van der Waals surface area (Å²) in [6, 6.07) is 0. The Morgan fingerprint density at radius 3 is 0.632 bits per heavy atom. The number of phosphoric acid groups is 2. The van der Waals surface area contributed by atoms with Gasteiger partial charge in [0.05, 0.1) is 26.4 Å². The Bertz CT molecular complexity index is 3050. The fourth-order valence-corrected chi connectivity index (χ4v) is 15.0. The first-order chi connectivity index (χ1) is 61.2. The molecule has 5 unspecified atom stereocenters. The quantitative estimate of drug-likeness (QED) is 0.0146. The van der Waals surface area contributed by atoms with Gasteiger partial charge in [-0.1, -0.05) is 421 Å². The van der Waals surface area contributed by atoms with E-state index < -0.39 is 91.5 Å². The van der Waals surface area contributed by atoms with Gasteiger partial charge >= 0.3 is 33.6 Å². The van der Waals surface area contributed by atoms with Crippen LogP contribution in [0.5, 0.6) is 0 Å². The normalized spacial score (nSPS) is 14.5.